The lowest BCUT2D eigenvalue weighted by atomic mass is 10.3. The molecule has 17 heavy (non-hydrogen) atoms. The number of nitrogens with one attached hydrogen (secondary N) is 1. The van der Waals surface area contributed by atoms with Gasteiger partial charge in [-0.2, -0.15) is 0 Å². The van der Waals surface area contributed by atoms with Crippen LogP contribution < -0.4 is 5.32 Å². The Morgan fingerprint density at radius 1 is 1.71 bits per heavy atom. The zero-order valence-electron chi connectivity index (χ0n) is 10.8. The van der Waals surface area contributed by atoms with E-state index in [2.05, 4.69) is 36.1 Å². The highest BCUT2D eigenvalue weighted by atomic mass is 32.1. The Kier molecular flexibility index (Phi) is 4.50. The second kappa shape index (κ2) is 5.91. The summed E-state index contributed by atoms with van der Waals surface area (Å²) in [5.41, 5.74) is 0. The third-order valence-corrected chi connectivity index (χ3v) is 4.30. The Morgan fingerprint density at radius 2 is 2.53 bits per heavy atom. The van der Waals surface area contributed by atoms with Crippen molar-refractivity contribution in [3.8, 4) is 0 Å². The van der Waals surface area contributed by atoms with E-state index < -0.39 is 0 Å². The lowest BCUT2D eigenvalue weighted by Crippen LogP contribution is -2.35. The van der Waals surface area contributed by atoms with Crippen LogP contribution in [0.3, 0.4) is 0 Å². The summed E-state index contributed by atoms with van der Waals surface area (Å²) in [6.07, 6.45) is 2.13. The third-order valence-electron chi connectivity index (χ3n) is 3.02. The van der Waals surface area contributed by atoms with Crippen LogP contribution in [0.2, 0.25) is 0 Å². The zero-order valence-corrected chi connectivity index (χ0v) is 11.6. The first kappa shape index (κ1) is 13.0. The number of hydrogen-bond acceptors (Lipinski definition) is 5. The molecule has 0 amide bonds. The van der Waals surface area contributed by atoms with Gasteiger partial charge in [-0.25, -0.2) is 4.98 Å². The monoisotopic (exact) mass is 255 g/mol. The second-order valence-electron chi connectivity index (χ2n) is 4.50. The van der Waals surface area contributed by atoms with Gasteiger partial charge in [-0.05, 0) is 20.5 Å². The van der Waals surface area contributed by atoms with E-state index in [1.807, 2.05) is 6.20 Å². The lowest BCUT2D eigenvalue weighted by molar-refractivity contribution is -0.0209. The molecule has 0 bridgehead atoms. The van der Waals surface area contributed by atoms with Crippen LogP contribution in [-0.2, 0) is 4.74 Å². The van der Waals surface area contributed by atoms with Gasteiger partial charge in [0, 0.05) is 30.2 Å². The largest absolute Gasteiger partial charge is 0.368 e. The predicted molar refractivity (Wildman–Crippen MR) is 70.4 cm³/mol. The first-order valence-corrected chi connectivity index (χ1v) is 7.01. The molecule has 1 N–H and O–H groups in total. The predicted octanol–water partition coefficient (Wildman–Crippen LogP) is 1.82. The van der Waals surface area contributed by atoms with Gasteiger partial charge in [0.1, 0.15) is 11.1 Å². The Hall–Kier alpha value is -0.490. The van der Waals surface area contributed by atoms with Gasteiger partial charge in [0.2, 0.25) is 0 Å². The van der Waals surface area contributed by atoms with Crippen molar-refractivity contribution in [2.24, 2.45) is 0 Å². The SMILES string of the molecule is CCNC(C)c1cnc(C2CN(C)CCO2)s1. The van der Waals surface area contributed by atoms with Crippen LogP contribution in [0.5, 0.6) is 0 Å². The number of nitrogens with zero attached hydrogens (tertiary/aromatic N) is 2. The average molecular weight is 255 g/mol. The molecule has 2 atom stereocenters. The third kappa shape index (κ3) is 3.25. The minimum Gasteiger partial charge on any atom is -0.368 e. The lowest BCUT2D eigenvalue weighted by Gasteiger charge is -2.28. The van der Waals surface area contributed by atoms with Crippen molar-refractivity contribution in [1.82, 2.24) is 15.2 Å². The number of rotatable bonds is 4. The molecule has 1 aromatic heterocycles. The highest BCUT2D eigenvalue weighted by Crippen LogP contribution is 2.28. The van der Waals surface area contributed by atoms with Gasteiger partial charge < -0.3 is 15.0 Å². The molecule has 1 aromatic rings. The maximum Gasteiger partial charge on any atom is 0.123 e. The van der Waals surface area contributed by atoms with Gasteiger partial charge in [-0.1, -0.05) is 6.92 Å². The Balaban J connectivity index is 2.02. The fourth-order valence-electron chi connectivity index (χ4n) is 1.98. The summed E-state index contributed by atoms with van der Waals surface area (Å²) in [7, 11) is 2.13. The fourth-order valence-corrected chi connectivity index (χ4v) is 2.97. The molecule has 0 radical (unpaired) electrons. The van der Waals surface area contributed by atoms with Crippen molar-refractivity contribution < 1.29 is 4.74 Å². The van der Waals surface area contributed by atoms with Gasteiger partial charge >= 0.3 is 0 Å². The van der Waals surface area contributed by atoms with E-state index in [4.69, 9.17) is 4.74 Å². The number of morpholine rings is 1. The van der Waals surface area contributed by atoms with Gasteiger partial charge in [0.15, 0.2) is 0 Å². The molecule has 1 saturated heterocycles. The molecule has 0 aliphatic carbocycles. The van der Waals surface area contributed by atoms with Crippen LogP contribution in [0.15, 0.2) is 6.20 Å². The van der Waals surface area contributed by atoms with E-state index in [-0.39, 0.29) is 6.10 Å². The smallest absolute Gasteiger partial charge is 0.123 e. The molecule has 2 rings (SSSR count). The topological polar surface area (TPSA) is 37.4 Å². The minimum absolute atomic E-state index is 0.154. The van der Waals surface area contributed by atoms with Crippen LogP contribution in [0.25, 0.3) is 0 Å². The summed E-state index contributed by atoms with van der Waals surface area (Å²) in [4.78, 5) is 8.09. The van der Waals surface area contributed by atoms with Gasteiger partial charge in [0.05, 0.1) is 6.61 Å². The van der Waals surface area contributed by atoms with Crippen molar-refractivity contribution >= 4 is 11.3 Å². The Morgan fingerprint density at radius 3 is 3.24 bits per heavy atom. The van der Waals surface area contributed by atoms with Crippen molar-refractivity contribution in [2.75, 3.05) is 33.3 Å². The average Bonchev–Trinajstić information content (AvgIpc) is 2.78. The first-order valence-electron chi connectivity index (χ1n) is 6.20. The molecule has 1 fully saturated rings. The van der Waals surface area contributed by atoms with Crippen LogP contribution in [0, 0.1) is 0 Å². The maximum absolute atomic E-state index is 5.77. The van der Waals surface area contributed by atoms with Crippen molar-refractivity contribution in [1.29, 1.82) is 0 Å². The highest BCUT2D eigenvalue weighted by molar-refractivity contribution is 7.11. The quantitative estimate of drug-likeness (QED) is 0.890. The molecular weight excluding hydrogens is 234 g/mol. The normalized spacial score (nSPS) is 23.8. The molecule has 0 spiro atoms. The van der Waals surface area contributed by atoms with E-state index in [0.29, 0.717) is 6.04 Å². The zero-order chi connectivity index (χ0) is 12.3. The van der Waals surface area contributed by atoms with Crippen LogP contribution in [0.1, 0.15) is 35.9 Å². The number of hydrogen-bond donors (Lipinski definition) is 1. The van der Waals surface area contributed by atoms with E-state index in [1.54, 1.807) is 11.3 Å². The number of ether oxygens (including phenoxy) is 1. The molecule has 5 heteroatoms. The van der Waals surface area contributed by atoms with Gasteiger partial charge in [-0.15, -0.1) is 11.3 Å². The summed E-state index contributed by atoms with van der Waals surface area (Å²) < 4.78 is 5.77. The van der Waals surface area contributed by atoms with Crippen molar-refractivity contribution in [3.05, 3.63) is 16.1 Å². The van der Waals surface area contributed by atoms with Crippen LogP contribution in [0.4, 0.5) is 0 Å². The van der Waals surface area contributed by atoms with E-state index in [1.165, 1.54) is 4.88 Å². The summed E-state index contributed by atoms with van der Waals surface area (Å²) in [5, 5.41) is 4.51. The fraction of sp³-hybridized carbons (Fsp3) is 0.750. The molecule has 1 aliphatic heterocycles. The number of aromatic nitrogens is 1. The molecule has 0 aromatic carbocycles. The Labute approximate surface area is 107 Å². The summed E-state index contributed by atoms with van der Waals surface area (Å²) in [5.74, 6) is 0. The highest BCUT2D eigenvalue weighted by Gasteiger charge is 2.23. The first-order chi connectivity index (χ1) is 8.20. The van der Waals surface area contributed by atoms with E-state index in [9.17, 15) is 0 Å². The molecule has 2 unspecified atom stereocenters. The van der Waals surface area contributed by atoms with Gasteiger partial charge in [-0.3, -0.25) is 0 Å². The van der Waals surface area contributed by atoms with E-state index >= 15 is 0 Å². The summed E-state index contributed by atoms with van der Waals surface area (Å²) in [6, 6.07) is 0.382. The standard InChI is InChI=1S/C12H21N3OS/c1-4-13-9(2)11-7-14-12(17-11)10-8-15(3)5-6-16-10/h7,9-10,13H,4-6,8H2,1-3H3. The summed E-state index contributed by atoms with van der Waals surface area (Å²) in [6.45, 7) is 8.05. The number of thiazole rings is 1. The van der Waals surface area contributed by atoms with E-state index in [0.717, 1.165) is 31.2 Å². The second-order valence-corrected chi connectivity index (χ2v) is 5.60. The number of likely N-dealkylation sites (N-methyl/N-ethyl adjacent to an activating group) is 1. The van der Waals surface area contributed by atoms with Crippen LogP contribution in [-0.4, -0.2) is 43.2 Å². The summed E-state index contributed by atoms with van der Waals surface area (Å²) >= 11 is 1.76. The van der Waals surface area contributed by atoms with Crippen molar-refractivity contribution in [2.45, 2.75) is 26.0 Å². The molecular formula is C12H21N3OS. The maximum atomic E-state index is 5.77. The van der Waals surface area contributed by atoms with Crippen molar-refractivity contribution in [3.63, 3.8) is 0 Å². The van der Waals surface area contributed by atoms with Crippen LogP contribution >= 0.6 is 11.3 Å². The Bertz CT molecular complexity index is 355. The van der Waals surface area contributed by atoms with Gasteiger partial charge in [0.25, 0.3) is 0 Å². The molecule has 1 aliphatic rings. The molecule has 2 heterocycles. The molecule has 4 nitrogen and oxygen atoms in total. The molecule has 0 saturated carbocycles. The minimum atomic E-state index is 0.154. The molecule has 96 valence electrons.